The van der Waals surface area contributed by atoms with E-state index in [0.29, 0.717) is 23.0 Å². The highest BCUT2D eigenvalue weighted by molar-refractivity contribution is 5.87. The molecule has 0 saturated carbocycles. The second-order valence-electron chi connectivity index (χ2n) is 5.12. The summed E-state index contributed by atoms with van der Waals surface area (Å²) in [6, 6.07) is 0. The van der Waals surface area contributed by atoms with E-state index in [-0.39, 0.29) is 18.6 Å². The van der Waals surface area contributed by atoms with Gasteiger partial charge in [0.25, 0.3) is 0 Å². The molecule has 1 atom stereocenters. The molecule has 0 spiro atoms. The first-order valence-electron chi connectivity index (χ1n) is 6.30. The first kappa shape index (κ1) is 17.4. The molecule has 0 aromatic heterocycles. The van der Waals surface area contributed by atoms with Crippen LogP contribution in [0.1, 0.15) is 26.7 Å². The zero-order valence-electron chi connectivity index (χ0n) is 12.4. The molecule has 0 rings (SSSR count). The molecule has 0 saturated heterocycles. The first-order chi connectivity index (χ1) is 8.70. The van der Waals surface area contributed by atoms with Crippen LogP contribution in [0.5, 0.6) is 0 Å². The molecule has 6 nitrogen and oxygen atoms in total. The van der Waals surface area contributed by atoms with Crippen molar-refractivity contribution in [3.8, 4) is 0 Å². The molecule has 0 radical (unpaired) electrons. The smallest absolute Gasteiger partial charge is 0.339 e. The predicted molar refractivity (Wildman–Crippen MR) is 72.2 cm³/mol. The van der Waals surface area contributed by atoms with Crippen molar-refractivity contribution in [2.45, 2.75) is 32.9 Å². The quantitative estimate of drug-likeness (QED) is 0.298. The maximum absolute atomic E-state index is 11.7. The molecule has 0 aliphatic rings. The molecule has 19 heavy (non-hydrogen) atoms. The number of nitrogens with zero attached hydrogens (tertiary/aromatic N) is 1. The van der Waals surface area contributed by atoms with Crippen molar-refractivity contribution in [3.63, 3.8) is 0 Å². The van der Waals surface area contributed by atoms with Crippen molar-refractivity contribution in [1.29, 1.82) is 0 Å². The van der Waals surface area contributed by atoms with Gasteiger partial charge in [0.05, 0.1) is 27.1 Å². The van der Waals surface area contributed by atoms with Crippen LogP contribution in [0.3, 0.4) is 0 Å². The lowest BCUT2D eigenvalue weighted by Crippen LogP contribution is -2.50. The molecular formula is C13H25N2O4+. The van der Waals surface area contributed by atoms with Gasteiger partial charge in [-0.3, -0.25) is 9.28 Å². The van der Waals surface area contributed by atoms with Crippen molar-refractivity contribution in [2.75, 3.05) is 27.7 Å². The predicted octanol–water partition coefficient (Wildman–Crippen LogP) is 0.940. The molecule has 6 heteroatoms. The van der Waals surface area contributed by atoms with Crippen LogP contribution in [-0.2, 0) is 14.3 Å². The number of rotatable bonds is 8. The fourth-order valence-electron chi connectivity index (χ4n) is 1.49. The first-order valence-corrected chi connectivity index (χ1v) is 6.30. The largest absolute Gasteiger partial charge is 0.481 e. The zero-order chi connectivity index (χ0) is 15.1. The summed E-state index contributed by atoms with van der Waals surface area (Å²) in [6.45, 7) is 4.12. The maximum atomic E-state index is 11.7. The molecule has 0 aliphatic heterocycles. The number of carboxylic acid groups (broad SMARTS) is 1. The third-order valence-corrected chi connectivity index (χ3v) is 3.07. The van der Waals surface area contributed by atoms with Crippen LogP contribution in [0.4, 0.5) is 0 Å². The molecule has 1 unspecified atom stereocenters. The highest BCUT2D eigenvalue weighted by Crippen LogP contribution is 2.12. The lowest BCUT2D eigenvalue weighted by Gasteiger charge is -2.35. The summed E-state index contributed by atoms with van der Waals surface area (Å²) in [5.74, 6) is -1.18. The summed E-state index contributed by atoms with van der Waals surface area (Å²) >= 11 is 0. The summed E-state index contributed by atoms with van der Waals surface area (Å²) < 4.78 is 5.80. The topological polar surface area (TPSA) is 75.6 Å². The summed E-state index contributed by atoms with van der Waals surface area (Å²) in [5.41, 5.74) is 0.500. The van der Waals surface area contributed by atoms with Gasteiger partial charge in [-0.05, 0) is 6.92 Å². The van der Waals surface area contributed by atoms with Gasteiger partial charge in [0, 0.05) is 32.2 Å². The van der Waals surface area contributed by atoms with Gasteiger partial charge in [-0.2, -0.15) is 0 Å². The zero-order valence-corrected chi connectivity index (χ0v) is 12.4. The summed E-state index contributed by atoms with van der Waals surface area (Å²) in [6.07, 6.45) is 1.93. The monoisotopic (exact) mass is 273 g/mol. The van der Waals surface area contributed by atoms with E-state index in [4.69, 9.17) is 9.84 Å². The van der Waals surface area contributed by atoms with Crippen LogP contribution in [0, 0.1) is 0 Å². The van der Waals surface area contributed by atoms with Crippen molar-refractivity contribution in [2.24, 2.45) is 0 Å². The van der Waals surface area contributed by atoms with E-state index in [2.05, 4.69) is 5.32 Å². The Morgan fingerprint density at radius 1 is 1.42 bits per heavy atom. The van der Waals surface area contributed by atoms with Crippen LogP contribution in [0.25, 0.3) is 0 Å². The second kappa shape index (κ2) is 7.78. The molecule has 0 aliphatic carbocycles. The Labute approximate surface area is 114 Å². The van der Waals surface area contributed by atoms with Crippen LogP contribution in [0.15, 0.2) is 11.8 Å². The van der Waals surface area contributed by atoms with E-state index in [0.717, 1.165) is 0 Å². The SMILES string of the molecule is CN/C=C(\C)C(=O)OC(C)[N+](C)(C)CCCC(=O)O. The number of hydrogen-bond donors (Lipinski definition) is 2. The van der Waals surface area contributed by atoms with E-state index in [1.54, 1.807) is 20.2 Å². The third kappa shape index (κ3) is 6.81. The molecule has 0 aromatic carbocycles. The van der Waals surface area contributed by atoms with Crippen molar-refractivity contribution < 1.29 is 23.9 Å². The number of quaternary nitrogens is 1. The van der Waals surface area contributed by atoms with Gasteiger partial charge in [-0.15, -0.1) is 0 Å². The molecule has 110 valence electrons. The minimum Gasteiger partial charge on any atom is -0.481 e. The van der Waals surface area contributed by atoms with Crippen molar-refractivity contribution in [1.82, 2.24) is 5.32 Å². The van der Waals surface area contributed by atoms with Crippen LogP contribution in [0.2, 0.25) is 0 Å². The maximum Gasteiger partial charge on any atom is 0.339 e. The number of carbonyl (C=O) groups is 2. The summed E-state index contributed by atoms with van der Waals surface area (Å²) in [4.78, 5) is 22.2. The van der Waals surface area contributed by atoms with Crippen molar-refractivity contribution in [3.05, 3.63) is 11.8 Å². The van der Waals surface area contributed by atoms with Gasteiger partial charge >= 0.3 is 11.9 Å². The Balaban J connectivity index is 4.38. The number of nitrogens with one attached hydrogen (secondary N) is 1. The second-order valence-corrected chi connectivity index (χ2v) is 5.12. The minimum atomic E-state index is -0.808. The summed E-state index contributed by atoms with van der Waals surface area (Å²) in [5, 5.41) is 11.4. The fourth-order valence-corrected chi connectivity index (χ4v) is 1.49. The van der Waals surface area contributed by atoms with E-state index in [9.17, 15) is 9.59 Å². The molecule has 0 bridgehead atoms. The van der Waals surface area contributed by atoms with Gasteiger partial charge in [0.2, 0.25) is 6.23 Å². The van der Waals surface area contributed by atoms with E-state index < -0.39 is 5.97 Å². The van der Waals surface area contributed by atoms with Gasteiger partial charge in [-0.1, -0.05) is 0 Å². The standard InChI is InChI=1S/C13H24N2O4/c1-10(9-14-3)13(18)19-11(2)15(4,5)8-6-7-12(16)17/h9,11H,6-8H2,1-5H3,(H-,14,16,17,18)/p+1. The van der Waals surface area contributed by atoms with E-state index in [1.165, 1.54) is 0 Å². The lowest BCUT2D eigenvalue weighted by atomic mass is 10.2. The summed E-state index contributed by atoms with van der Waals surface area (Å²) in [7, 11) is 5.54. The molecular weight excluding hydrogens is 248 g/mol. The molecule has 0 fully saturated rings. The van der Waals surface area contributed by atoms with Gasteiger partial charge in [0.1, 0.15) is 0 Å². The van der Waals surface area contributed by atoms with Crippen LogP contribution < -0.4 is 5.32 Å². The molecule has 0 aromatic rings. The minimum absolute atomic E-state index is 0.126. The Kier molecular flexibility index (Phi) is 7.14. The van der Waals surface area contributed by atoms with E-state index >= 15 is 0 Å². The Hall–Kier alpha value is -1.56. The van der Waals surface area contributed by atoms with Crippen LogP contribution >= 0.6 is 0 Å². The lowest BCUT2D eigenvalue weighted by molar-refractivity contribution is -0.932. The third-order valence-electron chi connectivity index (χ3n) is 3.07. The molecule has 2 N–H and O–H groups in total. The Morgan fingerprint density at radius 2 is 2.00 bits per heavy atom. The van der Waals surface area contributed by atoms with Gasteiger partial charge < -0.3 is 15.2 Å². The highest BCUT2D eigenvalue weighted by Gasteiger charge is 2.27. The molecule has 0 heterocycles. The number of esters is 1. The Morgan fingerprint density at radius 3 is 2.47 bits per heavy atom. The molecule has 0 amide bonds. The van der Waals surface area contributed by atoms with Crippen LogP contribution in [-0.4, -0.2) is 55.4 Å². The number of aliphatic carboxylic acids is 1. The number of ether oxygens (including phenoxy) is 1. The van der Waals surface area contributed by atoms with Gasteiger partial charge in [-0.25, -0.2) is 4.79 Å². The number of hydrogen-bond acceptors (Lipinski definition) is 4. The van der Waals surface area contributed by atoms with Crippen molar-refractivity contribution >= 4 is 11.9 Å². The average molecular weight is 273 g/mol. The normalized spacial score (nSPS) is 13.8. The highest BCUT2D eigenvalue weighted by atomic mass is 16.6. The number of carboxylic acids is 1. The van der Waals surface area contributed by atoms with E-state index in [1.807, 2.05) is 21.0 Å². The average Bonchev–Trinajstić information content (AvgIpc) is 2.28. The van der Waals surface area contributed by atoms with Gasteiger partial charge in [0.15, 0.2) is 0 Å². The number of carbonyl (C=O) groups excluding carboxylic acids is 1. The fraction of sp³-hybridized carbons (Fsp3) is 0.692. The Bertz CT molecular complexity index is 351.